The number of rotatable bonds is 1. The lowest BCUT2D eigenvalue weighted by Crippen LogP contribution is -2.15. The lowest BCUT2D eigenvalue weighted by Gasteiger charge is -2.09. The zero-order valence-corrected chi connectivity index (χ0v) is 6.12. The van der Waals surface area contributed by atoms with E-state index in [0.717, 1.165) is 5.92 Å². The van der Waals surface area contributed by atoms with Crippen molar-refractivity contribution in [2.45, 2.75) is 18.6 Å². The van der Waals surface area contributed by atoms with Gasteiger partial charge in [-0.1, -0.05) is 6.92 Å². The fourth-order valence-corrected chi connectivity index (χ4v) is 1.34. The normalized spacial score (nSPS) is 33.0. The van der Waals surface area contributed by atoms with E-state index < -0.39 is 0 Å². The fraction of sp³-hybridized carbons (Fsp3) is 1.00. The van der Waals surface area contributed by atoms with Crippen molar-refractivity contribution in [1.82, 2.24) is 5.32 Å². The maximum atomic E-state index is 4.35. The Morgan fingerprint density at radius 3 is 2.75 bits per heavy atom. The van der Waals surface area contributed by atoms with Crippen LogP contribution in [-0.4, -0.2) is 18.3 Å². The van der Waals surface area contributed by atoms with Gasteiger partial charge in [0.25, 0.3) is 0 Å². The average Bonchev–Trinajstić information content (AvgIpc) is 2.12. The molecule has 0 radical (unpaired) electrons. The molecule has 2 atom stereocenters. The van der Waals surface area contributed by atoms with Crippen molar-refractivity contribution in [3.05, 3.63) is 0 Å². The second-order valence-electron chi connectivity index (χ2n) is 2.49. The zero-order valence-electron chi connectivity index (χ0n) is 5.22. The minimum absolute atomic E-state index is 0.574. The van der Waals surface area contributed by atoms with Gasteiger partial charge in [0.15, 0.2) is 0 Å². The third-order valence-electron chi connectivity index (χ3n) is 1.78. The van der Waals surface area contributed by atoms with Crippen molar-refractivity contribution in [3.63, 3.8) is 0 Å². The summed E-state index contributed by atoms with van der Waals surface area (Å²) in [5, 5.41) is 3.88. The molecule has 0 aromatic carbocycles. The highest BCUT2D eigenvalue weighted by Gasteiger charge is 2.17. The maximum absolute atomic E-state index is 4.35. The van der Waals surface area contributed by atoms with E-state index in [1.54, 1.807) is 0 Å². The Balaban J connectivity index is 2.24. The molecule has 1 heterocycles. The second kappa shape index (κ2) is 2.74. The van der Waals surface area contributed by atoms with Crippen LogP contribution in [0, 0.1) is 5.92 Å². The number of thiol groups is 1. The van der Waals surface area contributed by atoms with Crippen LogP contribution in [-0.2, 0) is 0 Å². The first-order valence-electron chi connectivity index (χ1n) is 3.19. The summed E-state index contributed by atoms with van der Waals surface area (Å²) in [6.07, 6.45) is 1.31. The molecule has 0 bridgehead atoms. The van der Waals surface area contributed by atoms with E-state index in [1.165, 1.54) is 19.5 Å². The second-order valence-corrected chi connectivity index (χ2v) is 3.31. The minimum Gasteiger partial charge on any atom is -0.316 e. The Kier molecular flexibility index (Phi) is 2.20. The predicted molar refractivity (Wildman–Crippen MR) is 39.4 cm³/mol. The van der Waals surface area contributed by atoms with Crippen LogP contribution in [0.25, 0.3) is 0 Å². The Morgan fingerprint density at radius 2 is 2.50 bits per heavy atom. The summed E-state index contributed by atoms with van der Waals surface area (Å²) in [7, 11) is 0. The molecule has 2 heteroatoms. The summed E-state index contributed by atoms with van der Waals surface area (Å²) >= 11 is 4.35. The molecule has 1 aliphatic rings. The molecule has 0 amide bonds. The van der Waals surface area contributed by atoms with Gasteiger partial charge in [-0.05, 0) is 25.4 Å². The largest absolute Gasteiger partial charge is 0.316 e. The highest BCUT2D eigenvalue weighted by atomic mass is 32.1. The van der Waals surface area contributed by atoms with Gasteiger partial charge in [-0.2, -0.15) is 12.6 Å². The van der Waals surface area contributed by atoms with E-state index in [-0.39, 0.29) is 0 Å². The van der Waals surface area contributed by atoms with Crippen molar-refractivity contribution in [2.24, 2.45) is 5.92 Å². The van der Waals surface area contributed by atoms with Gasteiger partial charge in [0, 0.05) is 5.25 Å². The van der Waals surface area contributed by atoms with Crippen molar-refractivity contribution < 1.29 is 0 Å². The topological polar surface area (TPSA) is 12.0 Å². The van der Waals surface area contributed by atoms with E-state index in [9.17, 15) is 0 Å². The third-order valence-corrected chi connectivity index (χ3v) is 2.20. The van der Waals surface area contributed by atoms with Crippen molar-refractivity contribution in [1.29, 1.82) is 0 Å². The summed E-state index contributed by atoms with van der Waals surface area (Å²) in [6, 6.07) is 0. The van der Waals surface area contributed by atoms with E-state index in [4.69, 9.17) is 0 Å². The number of nitrogens with one attached hydrogen (secondary N) is 1. The summed E-state index contributed by atoms with van der Waals surface area (Å²) in [5.41, 5.74) is 0. The first-order valence-corrected chi connectivity index (χ1v) is 3.71. The molecular formula is C6H13NS. The molecule has 0 aromatic heterocycles. The van der Waals surface area contributed by atoms with Gasteiger partial charge in [0.2, 0.25) is 0 Å². The van der Waals surface area contributed by atoms with Crippen LogP contribution in [0.4, 0.5) is 0 Å². The molecular weight excluding hydrogens is 118 g/mol. The lowest BCUT2D eigenvalue weighted by molar-refractivity contribution is 0.580. The Morgan fingerprint density at radius 1 is 1.75 bits per heavy atom. The molecule has 48 valence electrons. The van der Waals surface area contributed by atoms with Gasteiger partial charge in [-0.25, -0.2) is 0 Å². The Labute approximate surface area is 56.3 Å². The molecule has 1 fully saturated rings. The molecule has 1 saturated heterocycles. The van der Waals surface area contributed by atoms with Gasteiger partial charge >= 0.3 is 0 Å². The SMILES string of the molecule is CC(S)C1CCNC1. The summed E-state index contributed by atoms with van der Waals surface area (Å²) in [4.78, 5) is 0. The first-order chi connectivity index (χ1) is 3.80. The van der Waals surface area contributed by atoms with E-state index in [2.05, 4.69) is 24.9 Å². The third kappa shape index (κ3) is 1.39. The molecule has 0 spiro atoms. The van der Waals surface area contributed by atoms with Crippen molar-refractivity contribution in [3.8, 4) is 0 Å². The van der Waals surface area contributed by atoms with Crippen molar-refractivity contribution >= 4 is 12.6 Å². The lowest BCUT2D eigenvalue weighted by atomic mass is 10.1. The molecule has 0 saturated carbocycles. The molecule has 0 aromatic rings. The van der Waals surface area contributed by atoms with Crippen LogP contribution < -0.4 is 5.32 Å². The Hall–Kier alpha value is 0.310. The van der Waals surface area contributed by atoms with Crippen LogP contribution in [0.5, 0.6) is 0 Å². The van der Waals surface area contributed by atoms with Gasteiger partial charge in [-0.3, -0.25) is 0 Å². The van der Waals surface area contributed by atoms with Gasteiger partial charge in [0.05, 0.1) is 0 Å². The minimum atomic E-state index is 0.574. The van der Waals surface area contributed by atoms with Gasteiger partial charge in [-0.15, -0.1) is 0 Å². The molecule has 2 unspecified atom stereocenters. The highest BCUT2D eigenvalue weighted by Crippen LogP contribution is 2.15. The maximum Gasteiger partial charge on any atom is 0.00293 e. The van der Waals surface area contributed by atoms with Crippen LogP contribution in [0.1, 0.15) is 13.3 Å². The molecule has 0 aliphatic carbocycles. The standard InChI is InChI=1S/C6H13NS/c1-5(8)6-2-3-7-4-6/h5-8H,2-4H2,1H3. The van der Waals surface area contributed by atoms with Gasteiger partial charge in [0.1, 0.15) is 0 Å². The van der Waals surface area contributed by atoms with E-state index in [0.29, 0.717) is 5.25 Å². The quantitative estimate of drug-likeness (QED) is 0.504. The smallest absolute Gasteiger partial charge is 0.00293 e. The van der Waals surface area contributed by atoms with Crippen LogP contribution in [0.2, 0.25) is 0 Å². The summed E-state index contributed by atoms with van der Waals surface area (Å²) < 4.78 is 0. The molecule has 1 nitrogen and oxygen atoms in total. The molecule has 1 aliphatic heterocycles. The van der Waals surface area contributed by atoms with Crippen LogP contribution in [0.3, 0.4) is 0 Å². The predicted octanol–water partition coefficient (Wildman–Crippen LogP) is 0.914. The average molecular weight is 131 g/mol. The summed E-state index contributed by atoms with van der Waals surface area (Å²) in [6.45, 7) is 4.53. The Bertz CT molecular complexity index is 66.9. The zero-order chi connectivity index (χ0) is 5.98. The van der Waals surface area contributed by atoms with Crippen LogP contribution in [0.15, 0.2) is 0 Å². The fourth-order valence-electron chi connectivity index (χ4n) is 1.09. The molecule has 8 heavy (non-hydrogen) atoms. The first kappa shape index (κ1) is 6.43. The molecule has 1 N–H and O–H groups in total. The highest BCUT2D eigenvalue weighted by molar-refractivity contribution is 7.80. The summed E-state index contributed by atoms with van der Waals surface area (Å²) in [5.74, 6) is 0.818. The van der Waals surface area contributed by atoms with E-state index in [1.807, 2.05) is 0 Å². The molecule has 1 rings (SSSR count). The van der Waals surface area contributed by atoms with Crippen LogP contribution >= 0.6 is 12.6 Å². The van der Waals surface area contributed by atoms with E-state index >= 15 is 0 Å². The number of hydrogen-bond donors (Lipinski definition) is 2. The van der Waals surface area contributed by atoms with Gasteiger partial charge < -0.3 is 5.32 Å². The number of hydrogen-bond acceptors (Lipinski definition) is 2. The van der Waals surface area contributed by atoms with Crippen molar-refractivity contribution in [2.75, 3.05) is 13.1 Å². The monoisotopic (exact) mass is 131 g/mol.